The second-order valence-corrected chi connectivity index (χ2v) is 4.73. The van der Waals surface area contributed by atoms with Crippen LogP contribution in [0.3, 0.4) is 0 Å². The van der Waals surface area contributed by atoms with Gasteiger partial charge in [-0.1, -0.05) is 18.2 Å². The van der Waals surface area contributed by atoms with E-state index in [1.807, 2.05) is 43.4 Å². The van der Waals surface area contributed by atoms with Crippen molar-refractivity contribution in [2.75, 3.05) is 19.8 Å². The summed E-state index contributed by atoms with van der Waals surface area (Å²) < 4.78 is 0. The van der Waals surface area contributed by atoms with Crippen molar-refractivity contribution in [3.63, 3.8) is 0 Å². The molecular formula is C12H13NOS. The minimum atomic E-state index is 0.215. The van der Waals surface area contributed by atoms with Gasteiger partial charge in [0.2, 0.25) is 0 Å². The molecule has 2 nitrogen and oxygen atoms in total. The van der Waals surface area contributed by atoms with Gasteiger partial charge in [-0.2, -0.15) is 0 Å². The molecule has 1 aromatic carbocycles. The van der Waals surface area contributed by atoms with Gasteiger partial charge in [-0.25, -0.2) is 0 Å². The van der Waals surface area contributed by atoms with Gasteiger partial charge in [-0.3, -0.25) is 4.79 Å². The van der Waals surface area contributed by atoms with Gasteiger partial charge in [0.15, 0.2) is 5.78 Å². The smallest absolute Gasteiger partial charge is 0.175 e. The van der Waals surface area contributed by atoms with Crippen LogP contribution in [0.25, 0.3) is 5.57 Å². The molecule has 0 fully saturated rings. The standard InChI is InChI=1S/C12H13NOS/c1-13(2)7-10-9-5-3-4-6-12(9)15-8-11(10)14/h3-7H,8H2,1-2H3/b10-7+. The largest absolute Gasteiger partial charge is 0.383 e. The van der Waals surface area contributed by atoms with E-state index in [1.54, 1.807) is 11.8 Å². The van der Waals surface area contributed by atoms with Crippen LogP contribution < -0.4 is 0 Å². The topological polar surface area (TPSA) is 20.3 Å². The zero-order valence-electron chi connectivity index (χ0n) is 8.86. The van der Waals surface area contributed by atoms with E-state index in [9.17, 15) is 4.79 Å². The zero-order valence-corrected chi connectivity index (χ0v) is 9.67. The molecule has 1 aliphatic heterocycles. The van der Waals surface area contributed by atoms with Gasteiger partial charge in [-0.05, 0) is 6.07 Å². The van der Waals surface area contributed by atoms with Gasteiger partial charge in [0.25, 0.3) is 0 Å². The van der Waals surface area contributed by atoms with Crippen molar-refractivity contribution in [1.82, 2.24) is 4.90 Å². The first-order chi connectivity index (χ1) is 7.18. The van der Waals surface area contributed by atoms with Crippen LogP contribution in [-0.2, 0) is 4.79 Å². The van der Waals surface area contributed by atoms with E-state index in [1.165, 1.54) is 4.90 Å². The van der Waals surface area contributed by atoms with Gasteiger partial charge in [0, 0.05) is 36.3 Å². The quantitative estimate of drug-likeness (QED) is 0.676. The normalized spacial score (nSPS) is 17.7. The number of ketones is 1. The van der Waals surface area contributed by atoms with Gasteiger partial charge in [0.1, 0.15) is 0 Å². The lowest BCUT2D eigenvalue weighted by atomic mass is 10.0. The Morgan fingerprint density at radius 3 is 2.80 bits per heavy atom. The Kier molecular flexibility index (Phi) is 2.82. The summed E-state index contributed by atoms with van der Waals surface area (Å²) in [5.41, 5.74) is 1.89. The lowest BCUT2D eigenvalue weighted by molar-refractivity contribution is -0.111. The number of benzene rings is 1. The molecule has 0 radical (unpaired) electrons. The number of thioether (sulfide) groups is 1. The second kappa shape index (κ2) is 4.11. The van der Waals surface area contributed by atoms with E-state index in [0.717, 1.165) is 11.1 Å². The maximum Gasteiger partial charge on any atom is 0.175 e. The minimum absolute atomic E-state index is 0.215. The third-order valence-corrected chi connectivity index (χ3v) is 3.30. The maximum atomic E-state index is 11.8. The Hall–Kier alpha value is -1.22. The lowest BCUT2D eigenvalue weighted by Crippen LogP contribution is -2.14. The molecule has 0 bridgehead atoms. The number of carbonyl (C=O) groups excluding carboxylic acids is 1. The van der Waals surface area contributed by atoms with Crippen LogP contribution in [-0.4, -0.2) is 30.5 Å². The van der Waals surface area contributed by atoms with E-state index in [2.05, 4.69) is 6.07 Å². The molecule has 78 valence electrons. The molecule has 0 unspecified atom stereocenters. The summed E-state index contributed by atoms with van der Waals surface area (Å²) >= 11 is 1.62. The summed E-state index contributed by atoms with van der Waals surface area (Å²) in [6.45, 7) is 0. The van der Waals surface area contributed by atoms with Gasteiger partial charge < -0.3 is 4.90 Å². The molecule has 0 aromatic heterocycles. The molecule has 1 aromatic rings. The molecule has 2 rings (SSSR count). The van der Waals surface area contributed by atoms with Gasteiger partial charge >= 0.3 is 0 Å². The van der Waals surface area contributed by atoms with Crippen LogP contribution in [0.4, 0.5) is 0 Å². The highest BCUT2D eigenvalue weighted by Gasteiger charge is 2.21. The minimum Gasteiger partial charge on any atom is -0.383 e. The van der Waals surface area contributed by atoms with Crippen molar-refractivity contribution in [1.29, 1.82) is 0 Å². The fourth-order valence-electron chi connectivity index (χ4n) is 1.59. The van der Waals surface area contributed by atoms with Gasteiger partial charge in [-0.15, -0.1) is 11.8 Å². The first-order valence-electron chi connectivity index (χ1n) is 4.82. The van der Waals surface area contributed by atoms with Crippen LogP contribution >= 0.6 is 11.8 Å². The van der Waals surface area contributed by atoms with Crippen LogP contribution in [0.1, 0.15) is 5.56 Å². The maximum absolute atomic E-state index is 11.8. The molecule has 0 saturated carbocycles. The molecule has 3 heteroatoms. The van der Waals surface area contributed by atoms with E-state index >= 15 is 0 Å². The Morgan fingerprint density at radius 1 is 1.33 bits per heavy atom. The number of fused-ring (bicyclic) bond motifs is 1. The van der Waals surface area contributed by atoms with Crippen molar-refractivity contribution < 1.29 is 4.79 Å². The molecule has 1 aliphatic rings. The summed E-state index contributed by atoms with van der Waals surface area (Å²) in [4.78, 5) is 14.9. The number of allylic oxidation sites excluding steroid dienone is 1. The number of Topliss-reactive ketones (excluding diaryl/α,β-unsaturated/α-hetero) is 1. The monoisotopic (exact) mass is 219 g/mol. The third kappa shape index (κ3) is 2.07. The molecule has 0 saturated heterocycles. The van der Waals surface area contributed by atoms with E-state index in [0.29, 0.717) is 5.75 Å². The molecular weight excluding hydrogens is 206 g/mol. The van der Waals surface area contributed by atoms with Crippen molar-refractivity contribution in [2.24, 2.45) is 0 Å². The van der Waals surface area contributed by atoms with E-state index in [4.69, 9.17) is 0 Å². The van der Waals surface area contributed by atoms with Crippen molar-refractivity contribution >= 4 is 23.1 Å². The Balaban J connectivity index is 2.51. The van der Waals surface area contributed by atoms with Crippen LogP contribution in [0.5, 0.6) is 0 Å². The van der Waals surface area contributed by atoms with Crippen molar-refractivity contribution in [2.45, 2.75) is 4.90 Å². The van der Waals surface area contributed by atoms with Crippen LogP contribution in [0.2, 0.25) is 0 Å². The summed E-state index contributed by atoms with van der Waals surface area (Å²) in [6.07, 6.45) is 1.90. The highest BCUT2D eigenvalue weighted by molar-refractivity contribution is 8.00. The average molecular weight is 219 g/mol. The number of rotatable bonds is 1. The molecule has 15 heavy (non-hydrogen) atoms. The highest BCUT2D eigenvalue weighted by atomic mass is 32.2. The summed E-state index contributed by atoms with van der Waals surface area (Å²) in [5, 5.41) is 0. The average Bonchev–Trinajstić information content (AvgIpc) is 2.22. The number of hydrogen-bond donors (Lipinski definition) is 0. The Labute approximate surface area is 94.0 Å². The zero-order chi connectivity index (χ0) is 10.8. The van der Waals surface area contributed by atoms with Crippen LogP contribution in [0.15, 0.2) is 35.4 Å². The molecule has 0 atom stereocenters. The highest BCUT2D eigenvalue weighted by Crippen LogP contribution is 2.34. The summed E-state index contributed by atoms with van der Waals surface area (Å²) in [5.74, 6) is 0.767. The molecule has 1 heterocycles. The first-order valence-corrected chi connectivity index (χ1v) is 5.80. The third-order valence-electron chi connectivity index (χ3n) is 2.22. The molecule has 0 spiro atoms. The molecule has 0 aliphatic carbocycles. The van der Waals surface area contributed by atoms with E-state index < -0.39 is 0 Å². The van der Waals surface area contributed by atoms with Crippen molar-refractivity contribution in [3.05, 3.63) is 36.0 Å². The second-order valence-electron chi connectivity index (χ2n) is 3.71. The number of hydrogen-bond acceptors (Lipinski definition) is 3. The Bertz CT molecular complexity index is 423. The predicted octanol–water partition coefficient (Wildman–Crippen LogP) is 2.26. The lowest BCUT2D eigenvalue weighted by Gasteiger charge is -2.18. The molecule has 0 amide bonds. The fraction of sp³-hybridized carbons (Fsp3) is 0.250. The fourth-order valence-corrected chi connectivity index (χ4v) is 2.54. The summed E-state index contributed by atoms with van der Waals surface area (Å²) in [6, 6.07) is 8.06. The summed E-state index contributed by atoms with van der Waals surface area (Å²) in [7, 11) is 3.87. The molecule has 0 N–H and O–H groups in total. The number of nitrogens with zero attached hydrogens (tertiary/aromatic N) is 1. The van der Waals surface area contributed by atoms with Gasteiger partial charge in [0.05, 0.1) is 5.75 Å². The predicted molar refractivity (Wildman–Crippen MR) is 63.8 cm³/mol. The SMILES string of the molecule is CN(C)/C=C1/C(=O)CSc2ccccc21. The Morgan fingerprint density at radius 2 is 2.07 bits per heavy atom. The first kappa shape index (κ1) is 10.3. The van der Waals surface area contributed by atoms with E-state index in [-0.39, 0.29) is 5.78 Å². The number of carbonyl (C=O) groups is 1. The van der Waals surface area contributed by atoms with Crippen molar-refractivity contribution in [3.8, 4) is 0 Å². The van der Waals surface area contributed by atoms with Crippen LogP contribution in [0, 0.1) is 0 Å².